The summed E-state index contributed by atoms with van der Waals surface area (Å²) >= 11 is 0. The van der Waals surface area contributed by atoms with Crippen LogP contribution in [0.4, 0.5) is 8.78 Å². The summed E-state index contributed by atoms with van der Waals surface area (Å²) in [7, 11) is 0. The Bertz CT molecular complexity index is 132. The van der Waals surface area contributed by atoms with Gasteiger partial charge < -0.3 is 4.74 Å². The number of rotatable bonds is 5. The Hall–Kier alpha value is -0.440. The van der Waals surface area contributed by atoms with E-state index in [0.717, 1.165) is 0 Å². The van der Waals surface area contributed by atoms with Crippen LogP contribution >= 0.6 is 0 Å². The fourth-order valence-electron chi connectivity index (χ4n) is 0.744. The van der Waals surface area contributed by atoms with Crippen molar-refractivity contribution in [2.24, 2.45) is 0 Å². The molecule has 1 nitrogen and oxygen atoms in total. The van der Waals surface area contributed by atoms with Crippen LogP contribution in [0.15, 0.2) is 12.2 Å². The van der Waals surface area contributed by atoms with Crippen LogP contribution in [0.3, 0.4) is 0 Å². The first kappa shape index (κ1) is 10.6. The normalized spacial score (nSPS) is 11.6. The molecule has 0 atom stereocenters. The van der Waals surface area contributed by atoms with E-state index in [4.69, 9.17) is 0 Å². The number of halogens is 2. The van der Waals surface area contributed by atoms with Crippen molar-refractivity contribution in [1.29, 1.82) is 0 Å². The molecule has 0 fully saturated rings. The van der Waals surface area contributed by atoms with Crippen molar-refractivity contribution in [3.63, 3.8) is 0 Å². The van der Waals surface area contributed by atoms with Crippen LogP contribution in [-0.4, -0.2) is 19.1 Å². The van der Waals surface area contributed by atoms with Crippen molar-refractivity contribution in [2.45, 2.75) is 26.2 Å². The predicted molar refractivity (Wildman–Crippen MR) is 40.9 cm³/mol. The van der Waals surface area contributed by atoms with Crippen LogP contribution in [0.5, 0.6) is 0 Å². The molecule has 0 bridgehead atoms. The van der Waals surface area contributed by atoms with Crippen LogP contribution in [0.2, 0.25) is 0 Å². The lowest BCUT2D eigenvalue weighted by atomic mass is 10.1. The lowest BCUT2D eigenvalue weighted by molar-refractivity contribution is -0.0732. The third-order valence-corrected chi connectivity index (χ3v) is 1.08. The molecular formula is C8H14F2O. The number of ether oxygens (including phenoxy) is 1. The molecule has 11 heavy (non-hydrogen) atoms. The Morgan fingerprint density at radius 3 is 2.45 bits per heavy atom. The van der Waals surface area contributed by atoms with Gasteiger partial charge in [0, 0.05) is 13.0 Å². The second-order valence-corrected chi connectivity index (χ2v) is 2.63. The molecule has 3 heteroatoms. The first-order valence-electron chi connectivity index (χ1n) is 3.58. The zero-order chi connectivity index (χ0) is 8.91. The average Bonchev–Trinajstić information content (AvgIpc) is 1.81. The summed E-state index contributed by atoms with van der Waals surface area (Å²) in [6.07, 6.45) is -0.285. The maximum absolute atomic E-state index is 12.7. The van der Waals surface area contributed by atoms with Crippen molar-refractivity contribution in [1.82, 2.24) is 0 Å². The molecule has 0 aromatic carbocycles. The van der Waals surface area contributed by atoms with Gasteiger partial charge in [-0.25, -0.2) is 8.78 Å². The summed E-state index contributed by atoms with van der Waals surface area (Å²) in [5.41, 5.74) is 0.481. The van der Waals surface area contributed by atoms with Gasteiger partial charge in [0.05, 0.1) is 0 Å². The molecule has 0 saturated carbocycles. The Morgan fingerprint density at radius 1 is 1.55 bits per heavy atom. The van der Waals surface area contributed by atoms with E-state index in [-0.39, 0.29) is 6.42 Å². The van der Waals surface area contributed by atoms with Crippen LogP contribution in [0.1, 0.15) is 20.3 Å². The van der Waals surface area contributed by atoms with Crippen molar-refractivity contribution < 1.29 is 13.5 Å². The van der Waals surface area contributed by atoms with Crippen molar-refractivity contribution in [3.8, 4) is 0 Å². The van der Waals surface area contributed by atoms with Crippen LogP contribution < -0.4 is 0 Å². The lowest BCUT2D eigenvalue weighted by Crippen LogP contribution is -2.23. The van der Waals surface area contributed by atoms with Gasteiger partial charge >= 0.3 is 0 Å². The molecule has 0 aliphatic rings. The van der Waals surface area contributed by atoms with E-state index >= 15 is 0 Å². The summed E-state index contributed by atoms with van der Waals surface area (Å²) in [5, 5.41) is 0. The highest BCUT2D eigenvalue weighted by Crippen LogP contribution is 2.22. The molecule has 0 rings (SSSR count). The van der Waals surface area contributed by atoms with E-state index in [1.807, 2.05) is 0 Å². The summed E-state index contributed by atoms with van der Waals surface area (Å²) in [4.78, 5) is 0. The maximum atomic E-state index is 12.7. The second-order valence-electron chi connectivity index (χ2n) is 2.63. The molecule has 66 valence electrons. The highest BCUT2D eigenvalue weighted by molar-refractivity contribution is 4.93. The fraction of sp³-hybridized carbons (Fsp3) is 0.750. The fourth-order valence-corrected chi connectivity index (χ4v) is 0.744. The topological polar surface area (TPSA) is 9.23 Å². The van der Waals surface area contributed by atoms with Gasteiger partial charge in [-0.2, -0.15) is 0 Å². The van der Waals surface area contributed by atoms with Crippen molar-refractivity contribution in [3.05, 3.63) is 12.2 Å². The zero-order valence-corrected chi connectivity index (χ0v) is 6.99. The molecule has 0 amide bonds. The minimum absolute atomic E-state index is 0.285. The minimum Gasteiger partial charge on any atom is -0.375 e. The number of allylic oxidation sites excluding steroid dienone is 1. The molecule has 0 saturated heterocycles. The van der Waals surface area contributed by atoms with E-state index in [1.54, 1.807) is 13.8 Å². The van der Waals surface area contributed by atoms with E-state index in [1.165, 1.54) is 0 Å². The Balaban J connectivity index is 3.70. The van der Waals surface area contributed by atoms with E-state index in [9.17, 15) is 8.78 Å². The Morgan fingerprint density at radius 2 is 2.09 bits per heavy atom. The molecule has 0 aliphatic heterocycles. The summed E-state index contributed by atoms with van der Waals surface area (Å²) in [6, 6.07) is 0. The van der Waals surface area contributed by atoms with Crippen molar-refractivity contribution in [2.75, 3.05) is 13.2 Å². The number of hydrogen-bond donors (Lipinski definition) is 0. The van der Waals surface area contributed by atoms with Gasteiger partial charge in [0.2, 0.25) is 0 Å². The minimum atomic E-state index is -2.75. The Labute approximate surface area is 66.0 Å². The SMILES string of the molecule is C=C(C)CC(F)(F)COCC. The number of hydrogen-bond acceptors (Lipinski definition) is 1. The second kappa shape index (κ2) is 4.44. The predicted octanol–water partition coefficient (Wildman–Crippen LogP) is 2.62. The highest BCUT2D eigenvalue weighted by Gasteiger charge is 2.28. The van der Waals surface area contributed by atoms with Gasteiger partial charge in [0.15, 0.2) is 0 Å². The third kappa shape index (κ3) is 5.98. The molecule has 0 heterocycles. The maximum Gasteiger partial charge on any atom is 0.274 e. The first-order chi connectivity index (χ1) is 4.98. The molecule has 0 aromatic rings. The van der Waals surface area contributed by atoms with E-state index in [2.05, 4.69) is 11.3 Å². The monoisotopic (exact) mass is 164 g/mol. The summed E-state index contributed by atoms with van der Waals surface area (Å²) in [6.45, 7) is 6.51. The Kier molecular flexibility index (Phi) is 4.26. The van der Waals surface area contributed by atoms with Gasteiger partial charge in [-0.3, -0.25) is 0 Å². The molecule has 0 N–H and O–H groups in total. The molecule has 0 radical (unpaired) electrons. The molecule has 0 aliphatic carbocycles. The molecule has 0 aromatic heterocycles. The van der Waals surface area contributed by atoms with Gasteiger partial charge in [0.25, 0.3) is 5.92 Å². The van der Waals surface area contributed by atoms with E-state index < -0.39 is 12.5 Å². The largest absolute Gasteiger partial charge is 0.375 e. The first-order valence-corrected chi connectivity index (χ1v) is 3.58. The third-order valence-electron chi connectivity index (χ3n) is 1.08. The average molecular weight is 164 g/mol. The molecule has 0 spiro atoms. The summed E-state index contributed by atoms with van der Waals surface area (Å²) < 4.78 is 30.0. The van der Waals surface area contributed by atoms with Gasteiger partial charge in [-0.05, 0) is 13.8 Å². The smallest absolute Gasteiger partial charge is 0.274 e. The zero-order valence-electron chi connectivity index (χ0n) is 6.99. The van der Waals surface area contributed by atoms with Crippen LogP contribution in [0.25, 0.3) is 0 Å². The van der Waals surface area contributed by atoms with Gasteiger partial charge in [-0.1, -0.05) is 12.2 Å². The molecule has 0 unspecified atom stereocenters. The van der Waals surface area contributed by atoms with Crippen LogP contribution in [-0.2, 0) is 4.74 Å². The van der Waals surface area contributed by atoms with Crippen LogP contribution in [0, 0.1) is 0 Å². The lowest BCUT2D eigenvalue weighted by Gasteiger charge is -2.15. The molecular weight excluding hydrogens is 150 g/mol. The van der Waals surface area contributed by atoms with Gasteiger partial charge in [-0.15, -0.1) is 0 Å². The standard InChI is InChI=1S/C8H14F2O/c1-4-11-6-8(9,10)5-7(2)3/h2,4-6H2,1,3H3. The number of alkyl halides is 2. The summed E-state index contributed by atoms with van der Waals surface area (Å²) in [5.74, 6) is -2.75. The highest BCUT2D eigenvalue weighted by atomic mass is 19.3. The quantitative estimate of drug-likeness (QED) is 0.567. The van der Waals surface area contributed by atoms with Gasteiger partial charge in [0.1, 0.15) is 6.61 Å². The van der Waals surface area contributed by atoms with E-state index in [0.29, 0.717) is 12.2 Å². The van der Waals surface area contributed by atoms with Crippen molar-refractivity contribution >= 4 is 0 Å².